The summed E-state index contributed by atoms with van der Waals surface area (Å²) in [6, 6.07) is 18.4. The van der Waals surface area contributed by atoms with E-state index in [1.165, 1.54) is 0 Å². The second-order valence-corrected chi connectivity index (χ2v) is 6.61. The summed E-state index contributed by atoms with van der Waals surface area (Å²) >= 11 is 0. The minimum Gasteiger partial charge on any atom is -0.455 e. The van der Waals surface area contributed by atoms with Gasteiger partial charge in [0.1, 0.15) is 5.76 Å². The first kappa shape index (κ1) is 17.8. The third kappa shape index (κ3) is 3.34. The van der Waals surface area contributed by atoms with E-state index >= 15 is 0 Å². The molecule has 1 N–H and O–H groups in total. The van der Waals surface area contributed by atoms with E-state index in [2.05, 4.69) is 5.32 Å². The molecular weight excluding hydrogens is 352 g/mol. The summed E-state index contributed by atoms with van der Waals surface area (Å²) in [7, 11) is 0. The molecule has 2 heterocycles. The third-order valence-corrected chi connectivity index (χ3v) is 4.75. The predicted molar refractivity (Wildman–Crippen MR) is 109 cm³/mol. The second-order valence-electron chi connectivity index (χ2n) is 6.61. The van der Waals surface area contributed by atoms with E-state index in [-0.39, 0.29) is 11.3 Å². The average molecular weight is 372 g/mol. The molecule has 140 valence electrons. The Hall–Kier alpha value is -3.60. The summed E-state index contributed by atoms with van der Waals surface area (Å²) in [5.41, 5.74) is 1.89. The van der Waals surface area contributed by atoms with E-state index < -0.39 is 0 Å². The molecule has 0 aliphatic rings. The maximum Gasteiger partial charge on any atom is 0.255 e. The molecule has 5 nitrogen and oxygen atoms in total. The topological polar surface area (TPSA) is 64.2 Å². The Kier molecular flexibility index (Phi) is 4.81. The lowest BCUT2D eigenvalue weighted by molar-refractivity contribution is 0.0953. The van der Waals surface area contributed by atoms with Gasteiger partial charge in [-0.1, -0.05) is 36.4 Å². The number of amides is 1. The fourth-order valence-electron chi connectivity index (χ4n) is 3.27. The average Bonchev–Trinajstić information content (AvgIpc) is 3.24. The van der Waals surface area contributed by atoms with Crippen LogP contribution in [0.4, 0.5) is 0 Å². The van der Waals surface area contributed by atoms with Gasteiger partial charge in [-0.15, -0.1) is 0 Å². The Morgan fingerprint density at radius 3 is 2.50 bits per heavy atom. The van der Waals surface area contributed by atoms with Crippen LogP contribution in [-0.4, -0.2) is 17.0 Å². The molecule has 2 aromatic heterocycles. The molecule has 0 spiro atoms. The number of carbonyl (C=O) groups excluding carboxylic acids is 1. The van der Waals surface area contributed by atoms with Crippen LogP contribution in [0.1, 0.15) is 15.9 Å². The van der Waals surface area contributed by atoms with Crippen molar-refractivity contribution in [1.82, 2.24) is 9.88 Å². The molecule has 4 aromatic rings. The Balaban J connectivity index is 1.71. The van der Waals surface area contributed by atoms with Crippen molar-refractivity contribution in [2.45, 2.75) is 13.5 Å². The number of para-hydroxylation sites is 1. The Labute approximate surface area is 162 Å². The Bertz CT molecular complexity index is 1180. The van der Waals surface area contributed by atoms with Gasteiger partial charge in [-0.25, -0.2) is 0 Å². The van der Waals surface area contributed by atoms with E-state index in [4.69, 9.17) is 4.42 Å². The number of aromatic nitrogens is 1. The van der Waals surface area contributed by atoms with Crippen LogP contribution in [0, 0.1) is 6.92 Å². The highest BCUT2D eigenvalue weighted by atomic mass is 16.3. The van der Waals surface area contributed by atoms with Crippen molar-refractivity contribution in [3.63, 3.8) is 0 Å². The number of nitrogens with zero attached hydrogens (tertiary/aromatic N) is 1. The number of rotatable bonds is 5. The summed E-state index contributed by atoms with van der Waals surface area (Å²) in [6.45, 7) is 2.89. The molecule has 0 radical (unpaired) electrons. The molecule has 4 rings (SSSR count). The van der Waals surface area contributed by atoms with Gasteiger partial charge in [0.25, 0.3) is 5.91 Å². The van der Waals surface area contributed by atoms with Crippen LogP contribution >= 0.6 is 0 Å². The van der Waals surface area contributed by atoms with Gasteiger partial charge in [0, 0.05) is 36.6 Å². The van der Waals surface area contributed by atoms with Crippen LogP contribution in [0.25, 0.3) is 22.3 Å². The smallest absolute Gasteiger partial charge is 0.255 e. The zero-order valence-corrected chi connectivity index (χ0v) is 15.5. The zero-order valence-electron chi connectivity index (χ0n) is 15.5. The number of hydrogen-bond acceptors (Lipinski definition) is 3. The molecule has 0 saturated carbocycles. The maximum atomic E-state index is 12.9. The first-order valence-corrected chi connectivity index (χ1v) is 9.16. The summed E-state index contributed by atoms with van der Waals surface area (Å²) < 4.78 is 8.08. The van der Waals surface area contributed by atoms with Crippen LogP contribution < -0.4 is 10.7 Å². The highest BCUT2D eigenvalue weighted by Crippen LogP contribution is 2.27. The number of nitrogens with one attached hydrogen (secondary N) is 1. The molecule has 5 heteroatoms. The van der Waals surface area contributed by atoms with E-state index in [1.54, 1.807) is 25.1 Å². The van der Waals surface area contributed by atoms with Crippen LogP contribution in [-0.2, 0) is 6.54 Å². The second kappa shape index (κ2) is 7.56. The monoisotopic (exact) mass is 372 g/mol. The van der Waals surface area contributed by atoms with Gasteiger partial charge in [0.15, 0.2) is 11.0 Å². The zero-order chi connectivity index (χ0) is 19.5. The van der Waals surface area contributed by atoms with Crippen molar-refractivity contribution in [2.24, 2.45) is 0 Å². The van der Waals surface area contributed by atoms with Crippen LogP contribution in [0.15, 0.2) is 82.3 Å². The van der Waals surface area contributed by atoms with Gasteiger partial charge in [-0.2, -0.15) is 0 Å². The fourth-order valence-corrected chi connectivity index (χ4v) is 3.27. The van der Waals surface area contributed by atoms with Gasteiger partial charge in [0.2, 0.25) is 0 Å². The lowest BCUT2D eigenvalue weighted by atomic mass is 10.0. The molecule has 0 fully saturated rings. The largest absolute Gasteiger partial charge is 0.455 e. The first-order chi connectivity index (χ1) is 13.6. The van der Waals surface area contributed by atoms with Crippen molar-refractivity contribution in [2.75, 3.05) is 6.54 Å². The summed E-state index contributed by atoms with van der Waals surface area (Å²) in [6.07, 6.45) is 3.88. The fraction of sp³-hybridized carbons (Fsp3) is 0.130. The Morgan fingerprint density at radius 1 is 1.00 bits per heavy atom. The third-order valence-electron chi connectivity index (χ3n) is 4.75. The predicted octanol–water partition coefficient (Wildman–Crippen LogP) is 4.00. The van der Waals surface area contributed by atoms with E-state index in [0.717, 1.165) is 5.56 Å². The van der Waals surface area contributed by atoms with Crippen LogP contribution in [0.3, 0.4) is 0 Å². The number of fused-ring (bicyclic) bond motifs is 1. The molecule has 0 aliphatic heterocycles. The maximum absolute atomic E-state index is 12.9. The van der Waals surface area contributed by atoms with Crippen LogP contribution in [0.5, 0.6) is 0 Å². The molecule has 0 unspecified atom stereocenters. The number of carbonyl (C=O) groups is 1. The molecule has 1 amide bonds. The lowest BCUT2D eigenvalue weighted by Gasteiger charge is -2.11. The molecule has 0 bridgehead atoms. The molecule has 28 heavy (non-hydrogen) atoms. The van der Waals surface area contributed by atoms with Crippen molar-refractivity contribution in [3.05, 3.63) is 94.4 Å². The summed E-state index contributed by atoms with van der Waals surface area (Å²) in [5.74, 6) is 0.231. The number of hydrogen-bond donors (Lipinski definition) is 1. The van der Waals surface area contributed by atoms with Crippen molar-refractivity contribution in [3.8, 4) is 11.3 Å². The molecule has 0 aliphatic carbocycles. The van der Waals surface area contributed by atoms with E-state index in [1.807, 2.05) is 59.4 Å². The normalized spacial score (nSPS) is 10.9. The molecular formula is C23H20N2O3. The highest BCUT2D eigenvalue weighted by Gasteiger charge is 2.18. The Morgan fingerprint density at radius 2 is 1.75 bits per heavy atom. The van der Waals surface area contributed by atoms with Crippen LogP contribution in [0.2, 0.25) is 0 Å². The summed E-state index contributed by atoms with van der Waals surface area (Å²) in [4.78, 5) is 25.6. The lowest BCUT2D eigenvalue weighted by Crippen LogP contribution is -2.27. The van der Waals surface area contributed by atoms with Gasteiger partial charge >= 0.3 is 0 Å². The standard InChI is InChI=1S/C23H20N2O3/c1-16-20(26)18-10-7-11-19(23(27)24-12-15-25-13-5-6-14-25)22(18)28-21(16)17-8-3-2-4-9-17/h2-11,13-14H,12,15H2,1H3,(H,24,27). The molecule has 0 atom stereocenters. The minimum atomic E-state index is -0.260. The minimum absolute atomic E-state index is 0.123. The van der Waals surface area contributed by atoms with E-state index in [9.17, 15) is 9.59 Å². The quantitative estimate of drug-likeness (QED) is 0.576. The highest BCUT2D eigenvalue weighted by molar-refractivity contribution is 6.05. The van der Waals surface area contributed by atoms with Crippen molar-refractivity contribution < 1.29 is 9.21 Å². The van der Waals surface area contributed by atoms with Gasteiger partial charge in [-0.3, -0.25) is 9.59 Å². The SMILES string of the molecule is Cc1c(-c2ccccc2)oc2c(C(=O)NCCn3cccc3)cccc2c1=O. The molecule has 2 aromatic carbocycles. The first-order valence-electron chi connectivity index (χ1n) is 9.16. The van der Waals surface area contributed by atoms with Gasteiger partial charge < -0.3 is 14.3 Å². The van der Waals surface area contributed by atoms with Gasteiger partial charge in [-0.05, 0) is 31.2 Å². The van der Waals surface area contributed by atoms with Crippen molar-refractivity contribution in [1.29, 1.82) is 0 Å². The molecule has 0 saturated heterocycles. The number of benzene rings is 2. The van der Waals surface area contributed by atoms with Gasteiger partial charge in [0.05, 0.1) is 10.9 Å². The summed E-state index contributed by atoms with van der Waals surface area (Å²) in [5, 5.41) is 3.31. The van der Waals surface area contributed by atoms with E-state index in [0.29, 0.717) is 40.9 Å². The van der Waals surface area contributed by atoms with Crippen molar-refractivity contribution >= 4 is 16.9 Å².